The largest absolute Gasteiger partial charge is 0.460 e. The van der Waals surface area contributed by atoms with Crippen LogP contribution in [0.2, 0.25) is 0 Å². The van der Waals surface area contributed by atoms with Gasteiger partial charge in [0.05, 0.1) is 5.92 Å². The molecule has 3 amide bonds. The highest BCUT2D eigenvalue weighted by atomic mass is 16.6. The van der Waals surface area contributed by atoms with E-state index >= 15 is 0 Å². The number of esters is 1. The Morgan fingerprint density at radius 3 is 1.84 bits per heavy atom. The average Bonchev–Trinajstić information content (AvgIpc) is 2.93. The van der Waals surface area contributed by atoms with Crippen LogP contribution in [0.4, 0.5) is 0 Å². The zero-order valence-corrected chi connectivity index (χ0v) is 27.2. The zero-order valence-electron chi connectivity index (χ0n) is 27.2. The number of carbonyl (C=O) groups excluding carboxylic acids is 4. The van der Waals surface area contributed by atoms with Gasteiger partial charge in [-0.3, -0.25) is 19.2 Å². The standard InChI is InChI=1S/C35H51N3O5/c1-9-10-11-28(33(42)43-35(5,6)7)22-27(31(40)38-29(32(41)37-8)34(2,3)4)17-14-23-12-15-24(16-13-23)25-18-20-26(21-19-25)30(36)39/h12-13,15-16,18-21,27-29H,9-11,14,17,22H2,1-8H3,(H2,36,39)(H,37,41)(H,38,40)/t27-,28+,29-/m1/s1. The molecule has 0 aromatic heterocycles. The number of ether oxygens (including phenoxy) is 1. The minimum atomic E-state index is -0.719. The fraction of sp³-hybridized carbons (Fsp3) is 0.543. The van der Waals surface area contributed by atoms with Crippen LogP contribution in [0.3, 0.4) is 0 Å². The van der Waals surface area contributed by atoms with E-state index in [0.29, 0.717) is 31.2 Å². The third-order valence-corrected chi connectivity index (χ3v) is 7.49. The van der Waals surface area contributed by atoms with E-state index in [-0.39, 0.29) is 17.8 Å². The molecule has 43 heavy (non-hydrogen) atoms. The van der Waals surface area contributed by atoms with Gasteiger partial charge in [0.25, 0.3) is 0 Å². The van der Waals surface area contributed by atoms with Gasteiger partial charge in [0, 0.05) is 18.5 Å². The number of aryl methyl sites for hydroxylation is 1. The molecule has 236 valence electrons. The maximum Gasteiger partial charge on any atom is 0.309 e. The molecule has 8 nitrogen and oxygen atoms in total. The molecule has 3 atom stereocenters. The predicted molar refractivity (Wildman–Crippen MR) is 171 cm³/mol. The predicted octanol–water partition coefficient (Wildman–Crippen LogP) is 5.82. The summed E-state index contributed by atoms with van der Waals surface area (Å²) in [4.78, 5) is 51.1. The van der Waals surface area contributed by atoms with Crippen molar-refractivity contribution >= 4 is 23.7 Å². The summed E-state index contributed by atoms with van der Waals surface area (Å²) in [5.74, 6) is -2.16. The quantitative estimate of drug-likeness (QED) is 0.238. The monoisotopic (exact) mass is 593 g/mol. The van der Waals surface area contributed by atoms with Crippen molar-refractivity contribution in [1.29, 1.82) is 0 Å². The first-order chi connectivity index (χ1) is 20.1. The SMILES string of the molecule is CCCC[C@@H](C[C@@H](CCc1ccc(-c2ccc(C(N)=O)cc2)cc1)C(=O)N[C@H](C(=O)NC)C(C)(C)C)C(=O)OC(C)(C)C. The molecule has 0 heterocycles. The molecule has 4 N–H and O–H groups in total. The Morgan fingerprint density at radius 2 is 1.37 bits per heavy atom. The fourth-order valence-corrected chi connectivity index (χ4v) is 4.98. The Morgan fingerprint density at radius 1 is 0.814 bits per heavy atom. The molecule has 0 spiro atoms. The summed E-state index contributed by atoms with van der Waals surface area (Å²) in [6, 6.07) is 14.5. The topological polar surface area (TPSA) is 128 Å². The van der Waals surface area contributed by atoms with Crippen LogP contribution in [0.15, 0.2) is 48.5 Å². The summed E-state index contributed by atoms with van der Waals surface area (Å²) in [6.45, 7) is 13.3. The summed E-state index contributed by atoms with van der Waals surface area (Å²) < 4.78 is 5.75. The number of unbranched alkanes of at least 4 members (excludes halogenated alkanes) is 1. The van der Waals surface area contributed by atoms with Gasteiger partial charge in [-0.05, 0) is 80.7 Å². The number of nitrogens with one attached hydrogen (secondary N) is 2. The van der Waals surface area contributed by atoms with E-state index in [9.17, 15) is 19.2 Å². The number of hydrogen-bond donors (Lipinski definition) is 3. The molecule has 0 unspecified atom stereocenters. The van der Waals surface area contributed by atoms with Crippen LogP contribution in [0.25, 0.3) is 11.1 Å². The van der Waals surface area contributed by atoms with Gasteiger partial charge in [-0.1, -0.05) is 76.9 Å². The maximum atomic E-state index is 13.8. The van der Waals surface area contributed by atoms with Gasteiger partial charge in [0.15, 0.2) is 0 Å². The van der Waals surface area contributed by atoms with E-state index in [0.717, 1.165) is 29.5 Å². The van der Waals surface area contributed by atoms with Gasteiger partial charge >= 0.3 is 5.97 Å². The third kappa shape index (κ3) is 11.5. The number of likely N-dealkylation sites (N-methyl/N-ethyl adjacent to an activating group) is 1. The number of primary amides is 1. The number of benzene rings is 2. The van der Waals surface area contributed by atoms with E-state index in [2.05, 4.69) is 17.6 Å². The fourth-order valence-electron chi connectivity index (χ4n) is 4.98. The Kier molecular flexibility index (Phi) is 13.0. The van der Waals surface area contributed by atoms with Crippen LogP contribution in [0, 0.1) is 17.3 Å². The maximum absolute atomic E-state index is 13.8. The van der Waals surface area contributed by atoms with E-state index in [4.69, 9.17) is 10.5 Å². The van der Waals surface area contributed by atoms with Crippen LogP contribution in [0.1, 0.15) is 96.5 Å². The Hall–Kier alpha value is -3.68. The molecular formula is C35H51N3O5. The Balaban J connectivity index is 2.30. The van der Waals surface area contributed by atoms with Crippen molar-refractivity contribution in [3.05, 3.63) is 59.7 Å². The van der Waals surface area contributed by atoms with Crippen LogP contribution in [0.5, 0.6) is 0 Å². The average molecular weight is 594 g/mol. The van der Waals surface area contributed by atoms with Crippen LogP contribution >= 0.6 is 0 Å². The minimum absolute atomic E-state index is 0.236. The molecule has 2 rings (SSSR count). The van der Waals surface area contributed by atoms with Crippen LogP contribution in [-0.4, -0.2) is 42.4 Å². The van der Waals surface area contributed by atoms with Crippen LogP contribution < -0.4 is 16.4 Å². The summed E-state index contributed by atoms with van der Waals surface area (Å²) in [5, 5.41) is 5.66. The normalized spacial score (nSPS) is 13.9. The lowest BCUT2D eigenvalue weighted by Gasteiger charge is -2.32. The number of amides is 3. The number of hydrogen-bond acceptors (Lipinski definition) is 5. The van der Waals surface area contributed by atoms with E-state index in [1.807, 2.05) is 77.9 Å². The van der Waals surface area contributed by atoms with Gasteiger partial charge in [0.1, 0.15) is 11.6 Å². The molecule has 0 saturated carbocycles. The highest BCUT2D eigenvalue weighted by Crippen LogP contribution is 2.28. The second kappa shape index (κ2) is 15.7. The lowest BCUT2D eigenvalue weighted by Crippen LogP contribution is -2.54. The van der Waals surface area contributed by atoms with Gasteiger partial charge < -0.3 is 21.1 Å². The van der Waals surface area contributed by atoms with Crippen molar-refractivity contribution < 1.29 is 23.9 Å². The lowest BCUT2D eigenvalue weighted by atomic mass is 9.83. The van der Waals surface area contributed by atoms with Crippen molar-refractivity contribution in [3.8, 4) is 11.1 Å². The Labute approximate surface area is 257 Å². The molecule has 0 aliphatic rings. The number of rotatable bonds is 14. The van der Waals surface area contributed by atoms with Crippen molar-refractivity contribution in [1.82, 2.24) is 10.6 Å². The second-order valence-electron chi connectivity index (χ2n) is 13.4. The molecular weight excluding hydrogens is 542 g/mol. The van der Waals surface area contributed by atoms with Crippen molar-refractivity contribution in [3.63, 3.8) is 0 Å². The van der Waals surface area contributed by atoms with E-state index in [1.54, 1.807) is 19.2 Å². The highest BCUT2D eigenvalue weighted by Gasteiger charge is 2.36. The van der Waals surface area contributed by atoms with E-state index in [1.165, 1.54) is 0 Å². The zero-order chi connectivity index (χ0) is 32.4. The molecule has 0 aliphatic carbocycles. The van der Waals surface area contributed by atoms with Gasteiger partial charge in [-0.15, -0.1) is 0 Å². The summed E-state index contributed by atoms with van der Waals surface area (Å²) in [5.41, 5.74) is 7.70. The number of nitrogens with two attached hydrogens (primary N) is 1. The molecule has 0 saturated heterocycles. The molecule has 0 fully saturated rings. The van der Waals surface area contributed by atoms with Crippen LogP contribution in [-0.2, 0) is 25.5 Å². The van der Waals surface area contributed by atoms with Gasteiger partial charge in [0.2, 0.25) is 17.7 Å². The molecule has 8 heteroatoms. The molecule has 2 aromatic rings. The first-order valence-corrected chi connectivity index (χ1v) is 15.3. The molecule has 2 aromatic carbocycles. The van der Waals surface area contributed by atoms with Crippen molar-refractivity contribution in [2.75, 3.05) is 7.05 Å². The van der Waals surface area contributed by atoms with E-state index < -0.39 is 34.8 Å². The van der Waals surface area contributed by atoms with Gasteiger partial charge in [-0.2, -0.15) is 0 Å². The summed E-state index contributed by atoms with van der Waals surface area (Å²) >= 11 is 0. The molecule has 0 bridgehead atoms. The first kappa shape index (κ1) is 35.5. The molecule has 0 aliphatic heterocycles. The highest BCUT2D eigenvalue weighted by molar-refractivity contribution is 5.93. The van der Waals surface area contributed by atoms with Crippen molar-refractivity contribution in [2.45, 2.75) is 98.6 Å². The smallest absolute Gasteiger partial charge is 0.309 e. The first-order valence-electron chi connectivity index (χ1n) is 15.3. The Bertz CT molecular complexity index is 1220. The number of carbonyl (C=O) groups is 4. The second-order valence-corrected chi connectivity index (χ2v) is 13.4. The minimum Gasteiger partial charge on any atom is -0.460 e. The molecule has 0 radical (unpaired) electrons. The summed E-state index contributed by atoms with van der Waals surface area (Å²) in [7, 11) is 1.56. The van der Waals surface area contributed by atoms with Crippen molar-refractivity contribution in [2.24, 2.45) is 23.0 Å². The summed E-state index contributed by atoms with van der Waals surface area (Å²) in [6.07, 6.45) is 3.88. The lowest BCUT2D eigenvalue weighted by molar-refractivity contribution is -0.161. The third-order valence-electron chi connectivity index (χ3n) is 7.49. The van der Waals surface area contributed by atoms with Gasteiger partial charge in [-0.25, -0.2) is 0 Å².